The van der Waals surface area contributed by atoms with E-state index in [-0.39, 0.29) is 11.7 Å². The van der Waals surface area contributed by atoms with E-state index < -0.39 is 0 Å². The number of rotatable bonds is 3. The van der Waals surface area contributed by atoms with E-state index in [1.807, 2.05) is 55.5 Å². The minimum atomic E-state index is -0.314. The summed E-state index contributed by atoms with van der Waals surface area (Å²) in [7, 11) is 0. The van der Waals surface area contributed by atoms with E-state index in [2.05, 4.69) is 5.43 Å². The van der Waals surface area contributed by atoms with Crippen molar-refractivity contribution in [3.8, 4) is 11.3 Å². The van der Waals surface area contributed by atoms with Crippen molar-refractivity contribution in [2.75, 3.05) is 5.43 Å². The Hall–Kier alpha value is -3.53. The smallest absolute Gasteiger partial charge is 0.264 e. The van der Waals surface area contributed by atoms with Gasteiger partial charge in [-0.15, -0.1) is 5.43 Å². The average molecular weight is 357 g/mol. The molecule has 0 saturated carbocycles. The molecule has 0 spiro atoms. The second kappa shape index (κ2) is 7.00. The Morgan fingerprint density at radius 2 is 1.63 bits per heavy atom. The van der Waals surface area contributed by atoms with Crippen molar-refractivity contribution in [3.05, 3.63) is 102 Å². The third-order valence-electron chi connectivity index (χ3n) is 4.47. The molecule has 132 valence electrons. The maximum absolute atomic E-state index is 13.7. The molecular formula is C23H18FN2O+. The summed E-state index contributed by atoms with van der Waals surface area (Å²) in [6, 6.07) is 23.7. The molecule has 0 aliphatic rings. The number of carbonyl (C=O) groups excluding carboxylic acids is 1. The molecule has 0 saturated heterocycles. The molecule has 0 radical (unpaired) electrons. The highest BCUT2D eigenvalue weighted by molar-refractivity contribution is 5.99. The molecule has 0 bridgehead atoms. The van der Waals surface area contributed by atoms with Gasteiger partial charge in [-0.2, -0.15) is 0 Å². The number of halogens is 1. The number of nitrogens with one attached hydrogen (secondary N) is 1. The van der Waals surface area contributed by atoms with Crippen LogP contribution in [-0.2, 0) is 0 Å². The van der Waals surface area contributed by atoms with Crippen LogP contribution in [0.25, 0.3) is 22.0 Å². The second-order valence-corrected chi connectivity index (χ2v) is 6.47. The lowest BCUT2D eigenvalue weighted by Gasteiger charge is -2.07. The van der Waals surface area contributed by atoms with Crippen molar-refractivity contribution in [2.45, 2.75) is 6.92 Å². The molecule has 0 aliphatic carbocycles. The summed E-state index contributed by atoms with van der Waals surface area (Å²) in [6.45, 7) is 1.97. The van der Waals surface area contributed by atoms with Gasteiger partial charge in [-0.3, -0.25) is 4.79 Å². The third kappa shape index (κ3) is 3.55. The maximum atomic E-state index is 13.7. The largest absolute Gasteiger partial charge is 0.305 e. The lowest BCUT2D eigenvalue weighted by atomic mass is 10.1. The summed E-state index contributed by atoms with van der Waals surface area (Å²) in [6.07, 6.45) is 1.74. The molecule has 1 amide bonds. The summed E-state index contributed by atoms with van der Waals surface area (Å²) >= 11 is 0. The molecule has 1 N–H and O–H groups in total. The molecule has 4 heteroatoms. The summed E-state index contributed by atoms with van der Waals surface area (Å²) < 4.78 is 15.3. The van der Waals surface area contributed by atoms with Gasteiger partial charge in [0.25, 0.3) is 0 Å². The molecule has 27 heavy (non-hydrogen) atoms. The quantitative estimate of drug-likeness (QED) is 0.533. The summed E-state index contributed by atoms with van der Waals surface area (Å²) in [5.41, 5.74) is 6.33. The fraction of sp³-hybridized carbons (Fsp3) is 0.0435. The average Bonchev–Trinajstić information content (AvgIpc) is 2.68. The highest BCUT2D eigenvalue weighted by atomic mass is 19.1. The molecule has 4 aromatic rings. The lowest BCUT2D eigenvalue weighted by molar-refractivity contribution is -0.628. The van der Waals surface area contributed by atoms with Crippen LogP contribution in [-0.4, -0.2) is 5.91 Å². The van der Waals surface area contributed by atoms with Gasteiger partial charge in [-0.25, -0.2) is 4.39 Å². The van der Waals surface area contributed by atoms with Crippen molar-refractivity contribution in [1.82, 2.24) is 0 Å². The van der Waals surface area contributed by atoms with Gasteiger partial charge in [0.1, 0.15) is 5.82 Å². The molecular weight excluding hydrogens is 339 g/mol. The zero-order chi connectivity index (χ0) is 18.8. The molecule has 1 aromatic heterocycles. The van der Waals surface area contributed by atoms with Crippen LogP contribution in [0.4, 0.5) is 4.39 Å². The van der Waals surface area contributed by atoms with Crippen molar-refractivity contribution in [2.24, 2.45) is 0 Å². The highest BCUT2D eigenvalue weighted by Crippen LogP contribution is 2.21. The number of pyridine rings is 1. The van der Waals surface area contributed by atoms with Gasteiger partial charge in [-0.05, 0) is 48.7 Å². The fourth-order valence-electron chi connectivity index (χ4n) is 3.02. The van der Waals surface area contributed by atoms with E-state index in [1.165, 1.54) is 12.1 Å². The van der Waals surface area contributed by atoms with E-state index in [0.29, 0.717) is 10.9 Å². The number of aromatic nitrogens is 1. The van der Waals surface area contributed by atoms with Crippen LogP contribution in [0.5, 0.6) is 0 Å². The summed E-state index contributed by atoms with van der Waals surface area (Å²) in [5, 5.41) is 1.61. The minimum Gasteiger partial charge on any atom is -0.264 e. The van der Waals surface area contributed by atoms with Crippen molar-refractivity contribution in [1.29, 1.82) is 0 Å². The first-order valence-corrected chi connectivity index (χ1v) is 8.68. The third-order valence-corrected chi connectivity index (χ3v) is 4.47. The normalized spacial score (nSPS) is 10.7. The Bertz CT molecular complexity index is 1120. The highest BCUT2D eigenvalue weighted by Gasteiger charge is 2.19. The fourth-order valence-corrected chi connectivity index (χ4v) is 3.02. The monoisotopic (exact) mass is 357 g/mol. The number of carbonyl (C=O) groups is 1. The summed E-state index contributed by atoms with van der Waals surface area (Å²) in [5.74, 6) is -0.542. The molecule has 0 aliphatic heterocycles. The SMILES string of the molecule is Cc1ccc(C(=O)N[n+]2cc3cc(F)ccc3cc2-c2ccccc2)cc1. The Morgan fingerprint density at radius 3 is 2.37 bits per heavy atom. The number of nitrogens with zero attached hydrogens (tertiary/aromatic N) is 1. The number of hydrogen-bond acceptors (Lipinski definition) is 1. The Morgan fingerprint density at radius 1 is 0.889 bits per heavy atom. The predicted molar refractivity (Wildman–Crippen MR) is 104 cm³/mol. The van der Waals surface area contributed by atoms with Crippen molar-refractivity contribution >= 4 is 16.7 Å². The van der Waals surface area contributed by atoms with Crippen LogP contribution in [0, 0.1) is 12.7 Å². The van der Waals surface area contributed by atoms with E-state index in [1.54, 1.807) is 29.1 Å². The first-order valence-electron chi connectivity index (χ1n) is 8.68. The summed E-state index contributed by atoms with van der Waals surface area (Å²) in [4.78, 5) is 12.7. The van der Waals surface area contributed by atoms with E-state index in [4.69, 9.17) is 0 Å². The number of hydrogen-bond donors (Lipinski definition) is 1. The van der Waals surface area contributed by atoms with Crippen molar-refractivity contribution < 1.29 is 13.9 Å². The molecule has 3 aromatic carbocycles. The predicted octanol–water partition coefficient (Wildman–Crippen LogP) is 4.63. The maximum Gasteiger partial charge on any atom is 0.305 e. The molecule has 3 nitrogen and oxygen atoms in total. The van der Waals surface area contributed by atoms with E-state index >= 15 is 0 Å². The van der Waals surface area contributed by atoms with Crippen LogP contribution in [0.2, 0.25) is 0 Å². The lowest BCUT2D eigenvalue weighted by Crippen LogP contribution is -2.49. The van der Waals surface area contributed by atoms with Gasteiger partial charge in [0, 0.05) is 17.2 Å². The van der Waals surface area contributed by atoms with Gasteiger partial charge in [0.15, 0.2) is 0 Å². The van der Waals surface area contributed by atoms with Gasteiger partial charge in [-0.1, -0.05) is 46.6 Å². The van der Waals surface area contributed by atoms with Crippen molar-refractivity contribution in [3.63, 3.8) is 0 Å². The van der Waals surface area contributed by atoms with E-state index in [0.717, 1.165) is 22.2 Å². The number of aryl methyl sites for hydroxylation is 1. The first-order chi connectivity index (χ1) is 13.1. The Kier molecular flexibility index (Phi) is 4.38. The molecule has 0 atom stereocenters. The van der Waals surface area contributed by atoms with Crippen LogP contribution in [0.3, 0.4) is 0 Å². The second-order valence-electron chi connectivity index (χ2n) is 6.47. The van der Waals surface area contributed by atoms with Gasteiger partial charge in [0.2, 0.25) is 11.9 Å². The standard InChI is InChI=1S/C23H17FN2O/c1-16-7-9-18(10-8-16)23(27)25-26-15-20-13-21(24)12-11-19(20)14-22(26)17-5-3-2-4-6-17/h2-15H,1H3/p+1. The van der Waals surface area contributed by atoms with Crippen LogP contribution in [0.15, 0.2) is 85.1 Å². The molecule has 4 rings (SSSR count). The number of benzene rings is 3. The number of amides is 1. The van der Waals surface area contributed by atoms with Crippen LogP contribution < -0.4 is 10.1 Å². The van der Waals surface area contributed by atoms with E-state index in [9.17, 15) is 9.18 Å². The first kappa shape index (κ1) is 16.9. The zero-order valence-electron chi connectivity index (χ0n) is 14.8. The molecule has 0 unspecified atom stereocenters. The minimum absolute atomic E-state index is 0.229. The van der Waals surface area contributed by atoms with Crippen LogP contribution in [0.1, 0.15) is 15.9 Å². The molecule has 1 heterocycles. The Balaban J connectivity index is 1.81. The van der Waals surface area contributed by atoms with Gasteiger partial charge < -0.3 is 0 Å². The van der Waals surface area contributed by atoms with Gasteiger partial charge in [0.05, 0.1) is 5.39 Å². The topological polar surface area (TPSA) is 33.0 Å². The zero-order valence-corrected chi connectivity index (χ0v) is 14.8. The Labute approximate surface area is 156 Å². The van der Waals surface area contributed by atoms with Crippen LogP contribution >= 0.6 is 0 Å². The molecule has 0 fully saturated rings. The number of fused-ring (bicyclic) bond motifs is 1. The van der Waals surface area contributed by atoms with Gasteiger partial charge >= 0.3 is 5.91 Å².